The number of hydrogen-bond donors (Lipinski definition) is 2. The van der Waals surface area contributed by atoms with Crippen molar-refractivity contribution in [3.63, 3.8) is 0 Å². The molecule has 3 rings (SSSR count). The van der Waals surface area contributed by atoms with E-state index in [1.807, 2.05) is 30.3 Å². The Morgan fingerprint density at radius 3 is 2.59 bits per heavy atom. The van der Waals surface area contributed by atoms with Crippen LogP contribution in [0.4, 0.5) is 0 Å². The minimum absolute atomic E-state index is 0.173. The third kappa shape index (κ3) is 2.25. The average molecular weight is 315 g/mol. The second-order valence-electron chi connectivity index (χ2n) is 4.93. The topological polar surface area (TPSA) is 97.9 Å². The minimum atomic E-state index is -0.603. The molecule has 1 aromatic carbocycles. The molecule has 6 nitrogen and oxygen atoms in total. The number of fused-ring (bicyclic) bond motifs is 1. The molecule has 112 valence electrons. The van der Waals surface area contributed by atoms with Gasteiger partial charge in [-0.3, -0.25) is 19.1 Å². The number of nitrogens with zero attached hydrogens (tertiary/aromatic N) is 1. The van der Waals surface area contributed by atoms with Gasteiger partial charge in [0, 0.05) is 0 Å². The number of hydrogen-bond acceptors (Lipinski definition) is 4. The van der Waals surface area contributed by atoms with Crippen molar-refractivity contribution < 1.29 is 4.79 Å². The molecule has 1 amide bonds. The Labute approximate surface area is 128 Å². The maximum Gasteiger partial charge on any atom is 0.329 e. The van der Waals surface area contributed by atoms with E-state index in [1.54, 1.807) is 6.92 Å². The van der Waals surface area contributed by atoms with Gasteiger partial charge in [0.05, 0.1) is 16.8 Å². The summed E-state index contributed by atoms with van der Waals surface area (Å²) in [5, 5.41) is 0.342. The zero-order valence-corrected chi connectivity index (χ0v) is 12.6. The van der Waals surface area contributed by atoms with Crippen LogP contribution in [0.3, 0.4) is 0 Å². The number of H-pyrrole nitrogens is 1. The van der Waals surface area contributed by atoms with Crippen molar-refractivity contribution >= 4 is 27.5 Å². The summed E-state index contributed by atoms with van der Waals surface area (Å²) in [6, 6.07) is 9.22. The first-order valence-corrected chi connectivity index (χ1v) is 7.40. The summed E-state index contributed by atoms with van der Waals surface area (Å²) in [5.41, 5.74) is 5.74. The van der Waals surface area contributed by atoms with E-state index >= 15 is 0 Å². The Kier molecular flexibility index (Phi) is 3.42. The van der Waals surface area contributed by atoms with E-state index in [1.165, 1.54) is 0 Å². The first-order valence-electron chi connectivity index (χ1n) is 6.59. The number of amides is 1. The number of primary amides is 1. The van der Waals surface area contributed by atoms with Crippen molar-refractivity contribution in [3.8, 4) is 0 Å². The molecule has 0 spiro atoms. The summed E-state index contributed by atoms with van der Waals surface area (Å²) in [4.78, 5) is 39.5. The van der Waals surface area contributed by atoms with E-state index in [0.29, 0.717) is 20.7 Å². The lowest BCUT2D eigenvalue weighted by molar-refractivity contribution is 0.100. The fourth-order valence-electron chi connectivity index (χ4n) is 2.40. The number of carbonyl (C=O) groups excluding carboxylic acids is 1. The molecule has 7 heteroatoms. The Hall–Kier alpha value is -2.67. The quantitative estimate of drug-likeness (QED) is 0.760. The molecule has 0 aliphatic heterocycles. The van der Waals surface area contributed by atoms with Gasteiger partial charge < -0.3 is 5.73 Å². The van der Waals surface area contributed by atoms with Gasteiger partial charge in [0.2, 0.25) is 0 Å². The van der Waals surface area contributed by atoms with E-state index in [-0.39, 0.29) is 6.54 Å². The van der Waals surface area contributed by atoms with Gasteiger partial charge in [0.25, 0.3) is 11.5 Å². The molecule has 0 fully saturated rings. The van der Waals surface area contributed by atoms with E-state index in [0.717, 1.165) is 21.5 Å². The maximum absolute atomic E-state index is 12.6. The van der Waals surface area contributed by atoms with E-state index in [2.05, 4.69) is 4.98 Å². The summed E-state index contributed by atoms with van der Waals surface area (Å²) < 4.78 is 1.13. The molecule has 0 saturated heterocycles. The summed E-state index contributed by atoms with van der Waals surface area (Å²) in [7, 11) is 0. The second-order valence-corrected chi connectivity index (χ2v) is 5.95. The number of aryl methyl sites for hydroxylation is 1. The smallest absolute Gasteiger partial charge is 0.329 e. The molecule has 0 aliphatic rings. The highest BCUT2D eigenvalue weighted by Crippen LogP contribution is 2.25. The van der Waals surface area contributed by atoms with Gasteiger partial charge in [0.15, 0.2) is 0 Å². The Balaban J connectivity index is 2.24. The first-order chi connectivity index (χ1) is 10.5. The summed E-state index contributed by atoms with van der Waals surface area (Å²) >= 11 is 1.03. The molecule has 0 unspecified atom stereocenters. The van der Waals surface area contributed by atoms with Gasteiger partial charge in [-0.1, -0.05) is 30.3 Å². The zero-order valence-electron chi connectivity index (χ0n) is 11.8. The van der Waals surface area contributed by atoms with Gasteiger partial charge in [-0.25, -0.2) is 4.79 Å². The molecule has 0 radical (unpaired) electrons. The van der Waals surface area contributed by atoms with Crippen molar-refractivity contribution in [1.29, 1.82) is 0 Å². The van der Waals surface area contributed by atoms with Crippen molar-refractivity contribution in [2.24, 2.45) is 5.73 Å². The molecule has 3 aromatic rings. The largest absolute Gasteiger partial charge is 0.365 e. The molecule has 0 aliphatic carbocycles. The Morgan fingerprint density at radius 1 is 1.27 bits per heavy atom. The van der Waals surface area contributed by atoms with E-state index in [9.17, 15) is 14.4 Å². The fourth-order valence-corrected chi connectivity index (χ4v) is 3.44. The normalized spacial score (nSPS) is 11.0. The number of aromatic amines is 1. The molecule has 0 bridgehead atoms. The predicted octanol–water partition coefficient (Wildman–Crippen LogP) is 1.21. The third-order valence-electron chi connectivity index (χ3n) is 3.48. The second kappa shape index (κ2) is 5.27. The lowest BCUT2D eigenvalue weighted by Gasteiger charge is -2.05. The van der Waals surface area contributed by atoms with Crippen LogP contribution in [-0.2, 0) is 6.54 Å². The number of aromatic nitrogens is 2. The number of nitrogens with two attached hydrogens (primary N) is 1. The highest BCUT2D eigenvalue weighted by molar-refractivity contribution is 7.20. The number of nitrogens with one attached hydrogen (secondary N) is 1. The van der Waals surface area contributed by atoms with Crippen molar-refractivity contribution in [1.82, 2.24) is 9.55 Å². The SMILES string of the molecule is Cc1c(C(N)=O)sc2[nH]c(=O)n(Cc3ccccc3)c(=O)c12. The summed E-state index contributed by atoms with van der Waals surface area (Å²) in [5.74, 6) is -0.603. The fraction of sp³-hybridized carbons (Fsp3) is 0.133. The number of carbonyl (C=O) groups is 1. The molecule has 2 heterocycles. The van der Waals surface area contributed by atoms with Gasteiger partial charge in [-0.15, -0.1) is 11.3 Å². The molecule has 0 saturated carbocycles. The molecular formula is C15H13N3O3S. The molecule has 22 heavy (non-hydrogen) atoms. The molecule has 3 N–H and O–H groups in total. The predicted molar refractivity (Wildman–Crippen MR) is 85.5 cm³/mol. The van der Waals surface area contributed by atoms with Crippen LogP contribution in [0.15, 0.2) is 39.9 Å². The molecule has 2 aromatic heterocycles. The first kappa shape index (κ1) is 14.3. The Bertz CT molecular complexity index is 983. The molecule has 0 atom stereocenters. The number of thiophene rings is 1. The zero-order chi connectivity index (χ0) is 15.9. The lowest BCUT2D eigenvalue weighted by Crippen LogP contribution is -2.35. The highest BCUT2D eigenvalue weighted by Gasteiger charge is 2.18. The van der Waals surface area contributed by atoms with E-state index < -0.39 is 17.2 Å². The maximum atomic E-state index is 12.6. The highest BCUT2D eigenvalue weighted by atomic mass is 32.1. The van der Waals surface area contributed by atoms with Crippen molar-refractivity contribution in [2.45, 2.75) is 13.5 Å². The van der Waals surface area contributed by atoms with Gasteiger partial charge >= 0.3 is 5.69 Å². The average Bonchev–Trinajstić information content (AvgIpc) is 2.81. The Morgan fingerprint density at radius 2 is 1.95 bits per heavy atom. The lowest BCUT2D eigenvalue weighted by atomic mass is 10.2. The standard InChI is InChI=1S/C15H13N3O3S/c1-8-10-13(22-11(8)12(16)19)17-15(21)18(14(10)20)7-9-5-3-2-4-6-9/h2-6H,7H2,1H3,(H2,16,19)(H,17,21). The van der Waals surface area contributed by atoms with Crippen LogP contribution >= 0.6 is 11.3 Å². The minimum Gasteiger partial charge on any atom is -0.365 e. The van der Waals surface area contributed by atoms with Crippen LogP contribution in [0.25, 0.3) is 10.2 Å². The van der Waals surface area contributed by atoms with Crippen LogP contribution in [0.1, 0.15) is 20.8 Å². The van der Waals surface area contributed by atoms with Crippen LogP contribution < -0.4 is 17.0 Å². The summed E-state index contributed by atoms with van der Waals surface area (Å²) in [6.45, 7) is 1.83. The van der Waals surface area contributed by atoms with Crippen LogP contribution in [0, 0.1) is 6.92 Å². The van der Waals surface area contributed by atoms with E-state index in [4.69, 9.17) is 5.73 Å². The van der Waals surface area contributed by atoms with Gasteiger partial charge in [0.1, 0.15) is 4.83 Å². The van der Waals surface area contributed by atoms with Crippen LogP contribution in [0.5, 0.6) is 0 Å². The van der Waals surface area contributed by atoms with Crippen molar-refractivity contribution in [2.75, 3.05) is 0 Å². The van der Waals surface area contributed by atoms with Crippen molar-refractivity contribution in [3.05, 3.63) is 67.2 Å². The monoisotopic (exact) mass is 315 g/mol. The molecular weight excluding hydrogens is 302 g/mol. The van der Waals surface area contributed by atoms with Crippen LogP contribution in [-0.4, -0.2) is 15.5 Å². The third-order valence-corrected chi connectivity index (χ3v) is 4.70. The van der Waals surface area contributed by atoms with Gasteiger partial charge in [-0.05, 0) is 18.1 Å². The number of benzene rings is 1. The van der Waals surface area contributed by atoms with Gasteiger partial charge in [-0.2, -0.15) is 0 Å². The summed E-state index contributed by atoms with van der Waals surface area (Å²) in [6.07, 6.45) is 0. The van der Waals surface area contributed by atoms with Crippen LogP contribution in [0.2, 0.25) is 0 Å². The number of rotatable bonds is 3.